The Kier molecular flexibility index (Phi) is 4.95. The Hall–Kier alpha value is -4.33. The Morgan fingerprint density at radius 2 is 1.97 bits per heavy atom. The van der Waals surface area contributed by atoms with E-state index in [-0.39, 0.29) is 0 Å². The van der Waals surface area contributed by atoms with Crippen LogP contribution in [-0.2, 0) is 0 Å². The predicted octanol–water partition coefficient (Wildman–Crippen LogP) is 4.69. The molecule has 0 atom stereocenters. The van der Waals surface area contributed by atoms with Crippen molar-refractivity contribution in [2.75, 3.05) is 0 Å². The number of hydrogen-bond acceptors (Lipinski definition) is 5. The first kappa shape index (κ1) is 19.6. The molecule has 0 amide bonds. The molecular formula is C24H22N8. The van der Waals surface area contributed by atoms with Crippen molar-refractivity contribution in [3.05, 3.63) is 84.6 Å². The maximum absolute atomic E-state index is 4.84. The number of aromatic nitrogens is 8. The predicted molar refractivity (Wildman–Crippen MR) is 125 cm³/mol. The van der Waals surface area contributed by atoms with Crippen LogP contribution in [0.1, 0.15) is 23.9 Å². The first-order valence-electron chi connectivity index (χ1n) is 10.3. The number of pyridine rings is 1. The van der Waals surface area contributed by atoms with Crippen LogP contribution in [0.3, 0.4) is 0 Å². The second-order valence-electron chi connectivity index (χ2n) is 7.51. The lowest BCUT2D eigenvalue weighted by molar-refractivity contribution is 1.08. The number of fused-ring (bicyclic) bond motifs is 1. The standard InChI is InChI=1S/C24H22N8/c1-4-5-6-22(32-12-15(2)27-14-32)18-9-21(28-16(18)3)24-23-20(30-31-24)8-7-19(29-23)17-10-25-13-26-11-17/h4-14,28H,1-3H3,(H,30,31)/b5-4-,22-6+. The summed E-state index contributed by atoms with van der Waals surface area (Å²) >= 11 is 0. The molecule has 0 fully saturated rings. The molecule has 0 aromatic carbocycles. The fourth-order valence-corrected chi connectivity index (χ4v) is 3.69. The molecule has 0 saturated carbocycles. The van der Waals surface area contributed by atoms with Gasteiger partial charge < -0.3 is 9.55 Å². The molecule has 5 rings (SSSR count). The minimum atomic E-state index is 0.764. The number of aromatic amines is 2. The molecule has 8 nitrogen and oxygen atoms in total. The molecule has 0 aliphatic carbocycles. The van der Waals surface area contributed by atoms with Gasteiger partial charge in [0.2, 0.25) is 0 Å². The molecule has 158 valence electrons. The maximum Gasteiger partial charge on any atom is 0.135 e. The lowest BCUT2D eigenvalue weighted by Gasteiger charge is -2.07. The van der Waals surface area contributed by atoms with E-state index in [1.54, 1.807) is 12.4 Å². The number of nitrogens with one attached hydrogen (secondary N) is 2. The van der Waals surface area contributed by atoms with Crippen LogP contribution < -0.4 is 0 Å². The molecule has 0 aliphatic heterocycles. The molecule has 0 aliphatic rings. The molecule has 0 radical (unpaired) electrons. The largest absolute Gasteiger partial charge is 0.357 e. The summed E-state index contributed by atoms with van der Waals surface area (Å²) in [6.45, 7) is 6.04. The number of allylic oxidation sites excluding steroid dienone is 3. The van der Waals surface area contributed by atoms with Gasteiger partial charge in [0, 0.05) is 35.4 Å². The molecule has 5 heterocycles. The number of hydrogen-bond donors (Lipinski definition) is 2. The molecule has 32 heavy (non-hydrogen) atoms. The number of nitrogens with zero attached hydrogens (tertiary/aromatic N) is 6. The van der Waals surface area contributed by atoms with Gasteiger partial charge in [-0.25, -0.2) is 19.9 Å². The molecule has 0 bridgehead atoms. The fraction of sp³-hybridized carbons (Fsp3) is 0.125. The average molecular weight is 422 g/mol. The number of aryl methyl sites for hydroxylation is 2. The maximum atomic E-state index is 4.84. The van der Waals surface area contributed by atoms with E-state index in [1.807, 2.05) is 55.2 Å². The molecule has 0 spiro atoms. The SMILES string of the molecule is C/C=C\C=C(/c1cc(-c2n[nH]c3ccc(-c4cncnc4)nc23)[nH]c1C)n1cnc(C)c1. The van der Waals surface area contributed by atoms with Gasteiger partial charge in [0.1, 0.15) is 17.5 Å². The zero-order valence-electron chi connectivity index (χ0n) is 18.0. The molecule has 8 heteroatoms. The van der Waals surface area contributed by atoms with Crippen LogP contribution in [0, 0.1) is 13.8 Å². The monoisotopic (exact) mass is 422 g/mol. The van der Waals surface area contributed by atoms with Crippen LogP contribution in [0.5, 0.6) is 0 Å². The van der Waals surface area contributed by atoms with Crippen molar-refractivity contribution in [1.29, 1.82) is 0 Å². The van der Waals surface area contributed by atoms with E-state index in [0.29, 0.717) is 0 Å². The van der Waals surface area contributed by atoms with Crippen molar-refractivity contribution in [2.24, 2.45) is 0 Å². The highest BCUT2D eigenvalue weighted by atomic mass is 15.1. The van der Waals surface area contributed by atoms with Gasteiger partial charge >= 0.3 is 0 Å². The number of H-pyrrole nitrogens is 2. The topological polar surface area (TPSA) is 101 Å². The Bertz CT molecular complexity index is 1450. The summed E-state index contributed by atoms with van der Waals surface area (Å²) in [6.07, 6.45) is 15.0. The lowest BCUT2D eigenvalue weighted by atomic mass is 10.1. The third-order valence-electron chi connectivity index (χ3n) is 5.25. The highest BCUT2D eigenvalue weighted by Crippen LogP contribution is 2.31. The third-order valence-corrected chi connectivity index (χ3v) is 5.25. The second-order valence-corrected chi connectivity index (χ2v) is 7.51. The summed E-state index contributed by atoms with van der Waals surface area (Å²) in [5.74, 6) is 0. The minimum Gasteiger partial charge on any atom is -0.357 e. The van der Waals surface area contributed by atoms with Crippen LogP contribution >= 0.6 is 0 Å². The number of imidazole rings is 1. The second kappa shape index (κ2) is 8.07. The van der Waals surface area contributed by atoms with Gasteiger partial charge in [-0.15, -0.1) is 0 Å². The Labute approximate surface area is 184 Å². The van der Waals surface area contributed by atoms with E-state index >= 15 is 0 Å². The summed E-state index contributed by atoms with van der Waals surface area (Å²) in [5, 5.41) is 7.64. The van der Waals surface area contributed by atoms with Gasteiger partial charge in [0.25, 0.3) is 0 Å². The zero-order valence-corrected chi connectivity index (χ0v) is 18.0. The number of rotatable bonds is 5. The summed E-state index contributed by atoms with van der Waals surface area (Å²) in [6, 6.07) is 6.02. The van der Waals surface area contributed by atoms with Crippen molar-refractivity contribution >= 4 is 16.7 Å². The van der Waals surface area contributed by atoms with Gasteiger partial charge in [0.15, 0.2) is 0 Å². The Balaban J connectivity index is 1.61. The molecular weight excluding hydrogens is 400 g/mol. The van der Waals surface area contributed by atoms with Gasteiger partial charge in [-0.1, -0.05) is 12.2 Å². The van der Waals surface area contributed by atoms with Crippen molar-refractivity contribution < 1.29 is 0 Å². The molecule has 0 saturated heterocycles. The summed E-state index contributed by atoms with van der Waals surface area (Å²) < 4.78 is 2.03. The summed E-state index contributed by atoms with van der Waals surface area (Å²) in [5.41, 5.74) is 9.05. The van der Waals surface area contributed by atoms with Crippen LogP contribution in [0.4, 0.5) is 0 Å². The van der Waals surface area contributed by atoms with Crippen molar-refractivity contribution in [1.82, 2.24) is 39.7 Å². The van der Waals surface area contributed by atoms with Gasteiger partial charge in [-0.2, -0.15) is 5.10 Å². The van der Waals surface area contributed by atoms with Gasteiger partial charge in [0.05, 0.1) is 34.6 Å². The summed E-state index contributed by atoms with van der Waals surface area (Å²) in [4.78, 5) is 20.9. The van der Waals surface area contributed by atoms with Crippen LogP contribution in [0.25, 0.3) is 39.4 Å². The molecule has 5 aromatic heterocycles. The van der Waals surface area contributed by atoms with Crippen molar-refractivity contribution in [3.8, 4) is 22.6 Å². The van der Waals surface area contributed by atoms with E-state index in [0.717, 1.165) is 56.3 Å². The van der Waals surface area contributed by atoms with Crippen LogP contribution in [0.2, 0.25) is 0 Å². The molecule has 0 unspecified atom stereocenters. The van der Waals surface area contributed by atoms with E-state index < -0.39 is 0 Å². The smallest absolute Gasteiger partial charge is 0.135 e. The Morgan fingerprint density at radius 3 is 2.72 bits per heavy atom. The normalized spacial score (nSPS) is 12.3. The highest BCUT2D eigenvalue weighted by Gasteiger charge is 2.17. The molecule has 5 aromatic rings. The Morgan fingerprint density at radius 1 is 1.12 bits per heavy atom. The highest BCUT2D eigenvalue weighted by molar-refractivity contribution is 5.91. The first-order chi connectivity index (χ1) is 15.6. The van der Waals surface area contributed by atoms with Crippen molar-refractivity contribution in [2.45, 2.75) is 20.8 Å². The lowest BCUT2D eigenvalue weighted by Crippen LogP contribution is -1.96. The van der Waals surface area contributed by atoms with Crippen molar-refractivity contribution in [3.63, 3.8) is 0 Å². The van der Waals surface area contributed by atoms with Gasteiger partial charge in [-0.3, -0.25) is 5.10 Å². The van der Waals surface area contributed by atoms with Crippen LogP contribution in [0.15, 0.2) is 67.7 Å². The fourth-order valence-electron chi connectivity index (χ4n) is 3.69. The van der Waals surface area contributed by atoms with E-state index in [9.17, 15) is 0 Å². The minimum absolute atomic E-state index is 0.764. The first-order valence-corrected chi connectivity index (χ1v) is 10.3. The zero-order chi connectivity index (χ0) is 22.1. The average Bonchev–Trinajstić information content (AvgIpc) is 3.53. The summed E-state index contributed by atoms with van der Waals surface area (Å²) in [7, 11) is 0. The molecule has 2 N–H and O–H groups in total. The van der Waals surface area contributed by atoms with E-state index in [4.69, 9.17) is 4.98 Å². The quantitative estimate of drug-likeness (QED) is 0.400. The van der Waals surface area contributed by atoms with E-state index in [2.05, 4.69) is 49.2 Å². The van der Waals surface area contributed by atoms with Crippen LogP contribution in [-0.4, -0.2) is 39.7 Å². The third kappa shape index (κ3) is 3.51. The van der Waals surface area contributed by atoms with Gasteiger partial charge in [-0.05, 0) is 45.0 Å². The van der Waals surface area contributed by atoms with E-state index in [1.165, 1.54) is 6.33 Å².